The molecule has 0 bridgehead atoms. The summed E-state index contributed by atoms with van der Waals surface area (Å²) in [5, 5.41) is 16.8. The quantitative estimate of drug-likeness (QED) is 0.503. The molecule has 0 radical (unpaired) electrons. The van der Waals surface area contributed by atoms with Crippen LogP contribution in [-0.4, -0.2) is 55.5 Å². The molecule has 0 spiro atoms. The van der Waals surface area contributed by atoms with Crippen LogP contribution in [0.5, 0.6) is 0 Å². The van der Waals surface area contributed by atoms with Gasteiger partial charge in [0.05, 0.1) is 13.2 Å². The largest absolute Gasteiger partial charge is 0.616 e. The van der Waals surface area contributed by atoms with Gasteiger partial charge in [-0.15, -0.1) is 0 Å². The maximum absolute atomic E-state index is 10.9. The summed E-state index contributed by atoms with van der Waals surface area (Å²) in [6.07, 6.45) is 0. The van der Waals surface area contributed by atoms with Crippen molar-refractivity contribution in [3.8, 4) is 0 Å². The Morgan fingerprint density at radius 3 is 1.33 bits per heavy atom. The van der Waals surface area contributed by atoms with Gasteiger partial charge in [-0.3, -0.25) is 0 Å². The Bertz CT molecular complexity index is 91.5. The van der Waals surface area contributed by atoms with Crippen LogP contribution in [0.25, 0.3) is 0 Å². The van der Waals surface area contributed by atoms with Crippen molar-refractivity contribution in [3.05, 3.63) is 0 Å². The van der Waals surface area contributed by atoms with Gasteiger partial charge in [0, 0.05) is 0 Å². The van der Waals surface area contributed by atoms with Crippen LogP contribution < -0.4 is 0 Å². The zero-order valence-electron chi connectivity index (χ0n) is 6.77. The Morgan fingerprint density at radius 1 is 0.750 bits per heavy atom. The summed E-state index contributed by atoms with van der Waals surface area (Å²) in [5.41, 5.74) is 0. The summed E-state index contributed by atoms with van der Waals surface area (Å²) in [4.78, 5) is 0. The molecule has 0 aromatic rings. The van der Waals surface area contributed by atoms with E-state index in [1.807, 2.05) is 0 Å². The molecular formula is C6H14O4S2. The minimum absolute atomic E-state index is 0.0980. The molecule has 0 aliphatic heterocycles. The van der Waals surface area contributed by atoms with E-state index < -0.39 is 22.4 Å². The molecule has 6 heteroatoms. The average molecular weight is 214 g/mol. The van der Waals surface area contributed by atoms with E-state index in [1.54, 1.807) is 0 Å². The molecule has 0 aromatic carbocycles. The fourth-order valence-electron chi connectivity index (χ4n) is 0.594. The second-order valence-corrected chi connectivity index (χ2v) is 5.54. The Kier molecular flexibility index (Phi) is 8.52. The zero-order valence-corrected chi connectivity index (χ0v) is 8.40. The predicted octanol–water partition coefficient (Wildman–Crippen LogP) is -1.53. The average Bonchev–Trinajstić information content (AvgIpc) is 2.02. The highest BCUT2D eigenvalue weighted by atomic mass is 32.2. The van der Waals surface area contributed by atoms with Crippen molar-refractivity contribution in [2.75, 3.05) is 36.2 Å². The van der Waals surface area contributed by atoms with Gasteiger partial charge in [0.1, 0.15) is 23.0 Å². The fourth-order valence-corrected chi connectivity index (χ4v) is 2.90. The van der Waals surface area contributed by atoms with E-state index in [9.17, 15) is 9.11 Å². The maximum Gasteiger partial charge on any atom is 0.150 e. The lowest BCUT2D eigenvalue weighted by Crippen LogP contribution is -2.23. The number of rotatable bonds is 7. The van der Waals surface area contributed by atoms with E-state index in [0.717, 1.165) is 0 Å². The van der Waals surface area contributed by atoms with Gasteiger partial charge in [-0.1, -0.05) is 0 Å². The van der Waals surface area contributed by atoms with Crippen molar-refractivity contribution in [1.29, 1.82) is 0 Å². The van der Waals surface area contributed by atoms with Gasteiger partial charge in [-0.25, -0.2) is 0 Å². The second-order valence-electron chi connectivity index (χ2n) is 2.14. The van der Waals surface area contributed by atoms with Crippen LogP contribution in [0.2, 0.25) is 0 Å². The Labute approximate surface area is 78.3 Å². The number of hydrogen-bond donors (Lipinski definition) is 2. The smallest absolute Gasteiger partial charge is 0.150 e. The third-order valence-electron chi connectivity index (χ3n) is 1.18. The van der Waals surface area contributed by atoms with Gasteiger partial charge in [0.2, 0.25) is 0 Å². The van der Waals surface area contributed by atoms with E-state index in [0.29, 0.717) is 11.5 Å². The first-order valence-electron chi connectivity index (χ1n) is 3.62. The molecule has 0 saturated carbocycles. The fraction of sp³-hybridized carbons (Fsp3) is 1.00. The molecular weight excluding hydrogens is 200 g/mol. The SMILES string of the molecule is [O-][S+](CCO)CC[S+]([O-])CCO. The molecule has 4 nitrogen and oxygen atoms in total. The molecule has 12 heavy (non-hydrogen) atoms. The van der Waals surface area contributed by atoms with Gasteiger partial charge in [0.15, 0.2) is 0 Å². The van der Waals surface area contributed by atoms with Crippen molar-refractivity contribution < 1.29 is 19.3 Å². The summed E-state index contributed by atoms with van der Waals surface area (Å²) < 4.78 is 21.8. The summed E-state index contributed by atoms with van der Waals surface area (Å²) in [6, 6.07) is 0. The molecule has 0 aliphatic rings. The van der Waals surface area contributed by atoms with Crippen LogP contribution in [0, 0.1) is 0 Å². The molecule has 0 heterocycles. The number of aliphatic hydroxyl groups excluding tert-OH is 2. The van der Waals surface area contributed by atoms with Gasteiger partial charge >= 0.3 is 0 Å². The third kappa shape index (κ3) is 7.20. The lowest BCUT2D eigenvalue weighted by atomic mass is 10.9. The molecule has 0 aliphatic carbocycles. The van der Waals surface area contributed by atoms with E-state index in [1.165, 1.54) is 0 Å². The van der Waals surface area contributed by atoms with Gasteiger partial charge < -0.3 is 19.3 Å². The molecule has 2 atom stereocenters. The first kappa shape index (κ1) is 12.5. The molecule has 0 rings (SSSR count). The number of hydrogen-bond acceptors (Lipinski definition) is 4. The van der Waals surface area contributed by atoms with Crippen molar-refractivity contribution >= 4 is 22.4 Å². The maximum atomic E-state index is 10.9. The zero-order chi connectivity index (χ0) is 9.40. The number of aliphatic hydroxyl groups is 2. The van der Waals surface area contributed by atoms with E-state index in [2.05, 4.69) is 0 Å². The first-order chi connectivity index (χ1) is 5.70. The van der Waals surface area contributed by atoms with Crippen molar-refractivity contribution in [1.82, 2.24) is 0 Å². The summed E-state index contributed by atoms with van der Waals surface area (Å²) in [7, 11) is 0. The highest BCUT2D eigenvalue weighted by Crippen LogP contribution is 1.95. The van der Waals surface area contributed by atoms with Crippen LogP contribution >= 0.6 is 0 Å². The first-order valence-corrected chi connectivity index (χ1v) is 6.60. The van der Waals surface area contributed by atoms with Crippen LogP contribution in [-0.2, 0) is 22.4 Å². The van der Waals surface area contributed by atoms with Crippen LogP contribution in [0.1, 0.15) is 0 Å². The van der Waals surface area contributed by atoms with Gasteiger partial charge in [0.25, 0.3) is 0 Å². The Balaban J connectivity index is 3.27. The second kappa shape index (κ2) is 8.15. The topological polar surface area (TPSA) is 86.6 Å². The minimum Gasteiger partial charge on any atom is -0.616 e. The van der Waals surface area contributed by atoms with Crippen LogP contribution in [0.15, 0.2) is 0 Å². The van der Waals surface area contributed by atoms with E-state index >= 15 is 0 Å². The lowest BCUT2D eigenvalue weighted by molar-refractivity contribution is 0.318. The van der Waals surface area contributed by atoms with Crippen LogP contribution in [0.3, 0.4) is 0 Å². The van der Waals surface area contributed by atoms with Crippen LogP contribution in [0.4, 0.5) is 0 Å². The monoisotopic (exact) mass is 214 g/mol. The molecule has 2 unspecified atom stereocenters. The standard InChI is InChI=1S/C6H14O4S2/c7-1-3-11(9)5-6-12(10)4-2-8/h7-8H,1-6H2. The summed E-state index contributed by atoms with van der Waals surface area (Å²) in [6.45, 7) is -0.196. The van der Waals surface area contributed by atoms with E-state index in [-0.39, 0.29) is 24.7 Å². The van der Waals surface area contributed by atoms with Crippen molar-refractivity contribution in [2.45, 2.75) is 0 Å². The van der Waals surface area contributed by atoms with Gasteiger partial charge in [-0.2, -0.15) is 0 Å². The van der Waals surface area contributed by atoms with Crippen molar-refractivity contribution in [3.63, 3.8) is 0 Å². The molecule has 2 N–H and O–H groups in total. The highest BCUT2D eigenvalue weighted by Gasteiger charge is 2.11. The molecule has 74 valence electrons. The normalized spacial score (nSPS) is 16.0. The third-order valence-corrected chi connectivity index (χ3v) is 4.03. The molecule has 0 aromatic heterocycles. The Hall–Kier alpha value is 0.540. The minimum atomic E-state index is -1.07. The Morgan fingerprint density at radius 2 is 1.08 bits per heavy atom. The lowest BCUT2D eigenvalue weighted by Gasteiger charge is -2.12. The highest BCUT2D eigenvalue weighted by molar-refractivity contribution is 7.95. The van der Waals surface area contributed by atoms with Gasteiger partial charge in [-0.05, 0) is 22.4 Å². The summed E-state index contributed by atoms with van der Waals surface area (Å²) >= 11 is -2.14. The van der Waals surface area contributed by atoms with Crippen molar-refractivity contribution in [2.24, 2.45) is 0 Å². The molecule has 0 fully saturated rings. The molecule has 0 amide bonds. The predicted molar refractivity (Wildman–Crippen MR) is 49.9 cm³/mol. The molecule has 0 saturated heterocycles. The van der Waals surface area contributed by atoms with E-state index in [4.69, 9.17) is 10.2 Å². The summed E-state index contributed by atoms with van der Waals surface area (Å²) in [5.74, 6) is 1.17.